The van der Waals surface area contributed by atoms with E-state index in [1.54, 1.807) is 31.2 Å². The molecular formula is C26H31FNO3P. The molecule has 0 radical (unpaired) electrons. The maximum atomic E-state index is 13.1. The zero-order chi connectivity index (χ0) is 23.5. The van der Waals surface area contributed by atoms with E-state index in [4.69, 9.17) is 0 Å². The van der Waals surface area contributed by atoms with Crippen molar-refractivity contribution >= 4 is 20.2 Å². The summed E-state index contributed by atoms with van der Waals surface area (Å²) in [6.45, 7) is 5.72. The van der Waals surface area contributed by atoms with E-state index in [-0.39, 0.29) is 29.6 Å². The molecule has 4 rings (SSSR count). The first-order valence-electron chi connectivity index (χ1n) is 10.7. The summed E-state index contributed by atoms with van der Waals surface area (Å²) < 4.78 is 13.1. The van der Waals surface area contributed by atoms with Crippen molar-refractivity contribution in [3.63, 3.8) is 0 Å². The van der Waals surface area contributed by atoms with Crippen molar-refractivity contribution in [2.75, 3.05) is 4.90 Å². The van der Waals surface area contributed by atoms with Crippen LogP contribution >= 0.6 is 9.24 Å². The van der Waals surface area contributed by atoms with Crippen molar-refractivity contribution < 1.29 is 19.7 Å². The van der Waals surface area contributed by atoms with Crippen molar-refractivity contribution in [2.24, 2.45) is 5.92 Å². The van der Waals surface area contributed by atoms with Crippen LogP contribution in [-0.4, -0.2) is 21.0 Å². The van der Waals surface area contributed by atoms with Crippen LogP contribution in [0.25, 0.3) is 0 Å². The van der Waals surface area contributed by atoms with E-state index in [2.05, 4.69) is 9.24 Å². The first-order valence-corrected chi connectivity index (χ1v) is 11.3. The number of nitrogens with zero attached hydrogens (tertiary/aromatic N) is 1. The Morgan fingerprint density at radius 1 is 1.00 bits per heavy atom. The van der Waals surface area contributed by atoms with E-state index in [1.807, 2.05) is 55.1 Å². The zero-order valence-corrected chi connectivity index (χ0v) is 19.8. The smallest absolute Gasteiger partial charge is 0.140 e. The van der Waals surface area contributed by atoms with Gasteiger partial charge >= 0.3 is 0 Å². The summed E-state index contributed by atoms with van der Waals surface area (Å²) in [7, 11) is 2.62. The average molecular weight is 456 g/mol. The number of aromatic hydroxyl groups is 1. The molecule has 0 aliphatic carbocycles. The minimum atomic E-state index is -0.986. The minimum Gasteiger partial charge on any atom is -0.508 e. The predicted octanol–water partition coefficient (Wildman–Crippen LogP) is 5.07. The maximum Gasteiger partial charge on any atom is 0.140 e. The van der Waals surface area contributed by atoms with Gasteiger partial charge in [-0.1, -0.05) is 50.2 Å². The van der Waals surface area contributed by atoms with Crippen molar-refractivity contribution in [3.8, 4) is 5.75 Å². The predicted molar refractivity (Wildman–Crippen MR) is 131 cm³/mol. The highest BCUT2D eigenvalue weighted by Crippen LogP contribution is 2.52. The van der Waals surface area contributed by atoms with Crippen LogP contribution in [0, 0.1) is 11.7 Å². The van der Waals surface area contributed by atoms with Crippen LogP contribution in [0.15, 0.2) is 72.8 Å². The molecule has 32 heavy (non-hydrogen) atoms. The Labute approximate surface area is 191 Å². The van der Waals surface area contributed by atoms with Gasteiger partial charge in [-0.25, -0.2) is 4.39 Å². The average Bonchev–Trinajstić information content (AvgIpc) is 2.79. The SMILES string of the molecule is CC[C@H](O)c1ccc(P)cc1.C[C@@H]1[C@@H](c2ccc(O)cc2)N(c2ccc(F)cc2)C1(C)O. The van der Waals surface area contributed by atoms with Crippen LogP contribution in [0.1, 0.15) is 50.5 Å². The normalized spacial score (nSPS) is 23.0. The van der Waals surface area contributed by atoms with Gasteiger partial charge in [0, 0.05) is 11.6 Å². The topological polar surface area (TPSA) is 63.9 Å². The molecule has 2 unspecified atom stereocenters. The molecule has 5 atom stereocenters. The quantitative estimate of drug-likeness (QED) is 0.481. The summed E-state index contributed by atoms with van der Waals surface area (Å²) >= 11 is 0. The van der Waals surface area contributed by atoms with Gasteiger partial charge in [0.15, 0.2) is 0 Å². The summed E-state index contributed by atoms with van der Waals surface area (Å²) in [6.07, 6.45) is 0.469. The fourth-order valence-electron chi connectivity index (χ4n) is 4.03. The molecule has 0 saturated carbocycles. The van der Waals surface area contributed by atoms with Gasteiger partial charge in [-0.3, -0.25) is 0 Å². The second-order valence-corrected chi connectivity index (χ2v) is 9.02. The number of hydrogen-bond donors (Lipinski definition) is 3. The number of aliphatic hydroxyl groups excluding tert-OH is 1. The monoisotopic (exact) mass is 455 g/mol. The summed E-state index contributed by atoms with van der Waals surface area (Å²) in [5.74, 6) is -0.0638. The first-order chi connectivity index (χ1) is 15.1. The molecule has 0 aromatic heterocycles. The number of halogens is 1. The molecule has 1 aliphatic rings. The van der Waals surface area contributed by atoms with Crippen LogP contribution in [0.4, 0.5) is 10.1 Å². The molecule has 0 bridgehead atoms. The lowest BCUT2D eigenvalue weighted by molar-refractivity contribution is -0.0830. The summed E-state index contributed by atoms with van der Waals surface area (Å²) in [5, 5.41) is 30.6. The van der Waals surface area contributed by atoms with Gasteiger partial charge in [0.2, 0.25) is 0 Å². The second kappa shape index (κ2) is 9.99. The number of rotatable bonds is 4. The molecule has 1 fully saturated rings. The van der Waals surface area contributed by atoms with Crippen molar-refractivity contribution in [3.05, 3.63) is 89.7 Å². The molecule has 6 heteroatoms. The standard InChI is InChI=1S/C17H18FNO2.C9H13OP/c1-11-16(12-3-9-15(20)10-4-12)19(17(11,2)21)14-7-5-13(18)6-8-14;1-2-9(10)7-3-5-8(11)6-4-7/h3-11,16,20-21H,1-2H3;3-6,9-10H,2,11H2,1H3/t11-,16+,17?;9-/m10/s1. The molecule has 0 spiro atoms. The third-order valence-electron chi connectivity index (χ3n) is 6.15. The van der Waals surface area contributed by atoms with Crippen LogP contribution < -0.4 is 10.2 Å². The van der Waals surface area contributed by atoms with E-state index < -0.39 is 5.72 Å². The number of phenolic OH excluding ortho intramolecular Hbond substituents is 1. The van der Waals surface area contributed by atoms with Crippen LogP contribution in [0.5, 0.6) is 5.75 Å². The Morgan fingerprint density at radius 3 is 2.09 bits per heavy atom. The van der Waals surface area contributed by atoms with Gasteiger partial charge in [0.1, 0.15) is 17.3 Å². The highest BCUT2D eigenvalue weighted by Gasteiger charge is 2.54. The molecule has 3 aromatic rings. The third kappa shape index (κ3) is 5.12. The van der Waals surface area contributed by atoms with Gasteiger partial charge in [-0.15, -0.1) is 9.24 Å². The highest BCUT2D eigenvalue weighted by molar-refractivity contribution is 7.27. The second-order valence-electron chi connectivity index (χ2n) is 8.36. The first kappa shape index (κ1) is 24.2. The van der Waals surface area contributed by atoms with E-state index in [9.17, 15) is 19.7 Å². The van der Waals surface area contributed by atoms with Gasteiger partial charge < -0.3 is 20.2 Å². The van der Waals surface area contributed by atoms with E-state index in [1.165, 1.54) is 12.1 Å². The van der Waals surface area contributed by atoms with Crippen LogP contribution in [-0.2, 0) is 0 Å². The van der Waals surface area contributed by atoms with E-state index in [0.29, 0.717) is 0 Å². The minimum absolute atomic E-state index is 0.00828. The molecule has 0 amide bonds. The van der Waals surface area contributed by atoms with E-state index >= 15 is 0 Å². The Bertz CT molecular complexity index is 1010. The lowest BCUT2D eigenvalue weighted by atomic mass is 9.74. The van der Waals surface area contributed by atoms with Crippen molar-refractivity contribution in [2.45, 2.75) is 45.1 Å². The number of hydrogen-bond acceptors (Lipinski definition) is 4. The summed E-state index contributed by atoms with van der Waals surface area (Å²) in [5.41, 5.74) is 1.80. The summed E-state index contributed by atoms with van der Waals surface area (Å²) in [4.78, 5) is 1.88. The highest BCUT2D eigenvalue weighted by atomic mass is 31.0. The Kier molecular flexibility index (Phi) is 7.55. The van der Waals surface area contributed by atoms with Crippen molar-refractivity contribution in [1.82, 2.24) is 0 Å². The van der Waals surface area contributed by atoms with Crippen LogP contribution in [0.2, 0.25) is 0 Å². The fourth-order valence-corrected chi connectivity index (χ4v) is 4.22. The van der Waals surface area contributed by atoms with Crippen molar-refractivity contribution in [1.29, 1.82) is 0 Å². The van der Waals surface area contributed by atoms with E-state index in [0.717, 1.165) is 28.5 Å². The number of phenols is 1. The fraction of sp³-hybridized carbons (Fsp3) is 0.308. The van der Waals surface area contributed by atoms with Gasteiger partial charge in [-0.05, 0) is 66.2 Å². The molecule has 1 saturated heterocycles. The number of benzene rings is 3. The third-order valence-corrected chi connectivity index (χ3v) is 6.53. The Hall–Kier alpha value is -2.46. The molecule has 3 aromatic carbocycles. The van der Waals surface area contributed by atoms with Gasteiger partial charge in [0.25, 0.3) is 0 Å². The summed E-state index contributed by atoms with van der Waals surface area (Å²) in [6, 6.07) is 21.0. The Balaban J connectivity index is 0.000000222. The number of anilines is 1. The van der Waals surface area contributed by atoms with Gasteiger partial charge in [0.05, 0.1) is 12.1 Å². The number of aliphatic hydroxyl groups is 2. The molecule has 1 aliphatic heterocycles. The molecule has 170 valence electrons. The largest absolute Gasteiger partial charge is 0.508 e. The lowest BCUT2D eigenvalue weighted by Crippen LogP contribution is -2.66. The molecule has 1 heterocycles. The zero-order valence-electron chi connectivity index (χ0n) is 18.6. The Morgan fingerprint density at radius 2 is 1.56 bits per heavy atom. The lowest BCUT2D eigenvalue weighted by Gasteiger charge is -2.60. The molecule has 4 nitrogen and oxygen atoms in total. The molecule has 3 N–H and O–H groups in total. The van der Waals surface area contributed by atoms with Gasteiger partial charge in [-0.2, -0.15) is 0 Å². The van der Waals surface area contributed by atoms with Crippen LogP contribution in [0.3, 0.4) is 0 Å². The maximum absolute atomic E-state index is 13.1. The molecular weight excluding hydrogens is 424 g/mol.